The van der Waals surface area contributed by atoms with Crippen LogP contribution >= 0.6 is 0 Å². The Hall–Kier alpha value is -7.68. The molecular weight excluding hydrogens is 761 g/mol. The van der Waals surface area contributed by atoms with E-state index in [4.69, 9.17) is 0 Å². The van der Waals surface area contributed by atoms with Crippen LogP contribution in [0.25, 0.3) is 33.4 Å². The maximum atomic E-state index is 2.53. The molecule has 0 heterocycles. The third-order valence-electron chi connectivity index (χ3n) is 12.4. The fourth-order valence-electron chi connectivity index (χ4n) is 9.04. The minimum Gasteiger partial charge on any atom is -0.335 e. The topological polar surface area (TPSA) is 6.48 Å². The van der Waals surface area contributed by atoms with E-state index in [1.807, 2.05) is 0 Å². The predicted molar refractivity (Wildman–Crippen MR) is 267 cm³/mol. The number of hydrogen-bond acceptors (Lipinski definition) is 2. The van der Waals surface area contributed by atoms with Gasteiger partial charge in [0.25, 0.3) is 0 Å². The molecule has 10 rings (SSSR count). The summed E-state index contributed by atoms with van der Waals surface area (Å²) in [6.07, 6.45) is 26.3. The highest BCUT2D eigenvalue weighted by molar-refractivity contribution is 5.76. The van der Waals surface area contributed by atoms with Gasteiger partial charge in [0.15, 0.2) is 0 Å². The molecule has 304 valence electrons. The Labute approximate surface area is 372 Å². The fraction of sp³-hybridized carbons (Fsp3) is 0.0820. The Kier molecular flexibility index (Phi) is 11.6. The summed E-state index contributed by atoms with van der Waals surface area (Å²) < 4.78 is 0. The molecule has 0 amide bonds. The molecule has 0 fully saturated rings. The van der Waals surface area contributed by atoms with E-state index in [1.54, 1.807) is 0 Å². The van der Waals surface area contributed by atoms with Gasteiger partial charge in [0.1, 0.15) is 0 Å². The lowest BCUT2D eigenvalue weighted by Gasteiger charge is -2.35. The summed E-state index contributed by atoms with van der Waals surface area (Å²) in [5.74, 6) is 0.386. The molecule has 0 N–H and O–H groups in total. The second-order valence-corrected chi connectivity index (χ2v) is 16.4. The standard InChI is InChI=1S/C61H50N2/c1-5-14-46(15-6-1)51-25-36-57(37-26-51)62(58-38-27-52(28-39-58)47-16-7-2-8-17-47)56-23-13-22-50(24-35-56)55-33-44-61(45-34-55)63(59-40-29-53(30-41-59)48-18-9-3-10-19-48)60-42-31-54(32-43-60)49-20-11-4-12-21-49/h1-12,14-31,33-44,54,61H,13,32,45H2/t54-,61?/m1/s1. The van der Waals surface area contributed by atoms with Gasteiger partial charge in [-0.1, -0.05) is 206 Å². The van der Waals surface area contributed by atoms with Crippen LogP contribution in [0.2, 0.25) is 0 Å². The highest BCUT2D eigenvalue weighted by Gasteiger charge is 2.24. The molecule has 2 nitrogen and oxygen atoms in total. The number of anilines is 3. The number of benzene rings is 7. The predicted octanol–water partition coefficient (Wildman–Crippen LogP) is 16.0. The van der Waals surface area contributed by atoms with Crippen LogP contribution in [0.5, 0.6) is 0 Å². The third kappa shape index (κ3) is 8.89. The van der Waals surface area contributed by atoms with Crippen molar-refractivity contribution in [2.24, 2.45) is 0 Å². The normalized spacial score (nSPS) is 16.9. The van der Waals surface area contributed by atoms with Crippen LogP contribution in [0.4, 0.5) is 17.1 Å². The minimum absolute atomic E-state index is 0.178. The lowest BCUT2D eigenvalue weighted by Crippen LogP contribution is -2.34. The molecule has 0 aliphatic heterocycles. The van der Waals surface area contributed by atoms with Crippen LogP contribution < -0.4 is 9.80 Å². The van der Waals surface area contributed by atoms with Crippen LogP contribution in [-0.4, -0.2) is 6.04 Å². The van der Waals surface area contributed by atoms with Gasteiger partial charge in [-0.2, -0.15) is 0 Å². The highest BCUT2D eigenvalue weighted by Crippen LogP contribution is 2.38. The molecule has 0 saturated heterocycles. The van der Waals surface area contributed by atoms with E-state index >= 15 is 0 Å². The van der Waals surface area contributed by atoms with Crippen molar-refractivity contribution < 1.29 is 0 Å². The van der Waals surface area contributed by atoms with Gasteiger partial charge in [-0.05, 0) is 118 Å². The van der Waals surface area contributed by atoms with Crippen LogP contribution in [0.3, 0.4) is 0 Å². The van der Waals surface area contributed by atoms with Crippen molar-refractivity contribution in [2.75, 3.05) is 9.80 Å². The van der Waals surface area contributed by atoms with Crippen molar-refractivity contribution in [2.45, 2.75) is 31.2 Å². The minimum atomic E-state index is 0.178. The van der Waals surface area contributed by atoms with Crippen LogP contribution in [-0.2, 0) is 0 Å². The zero-order valence-electron chi connectivity index (χ0n) is 35.4. The van der Waals surface area contributed by atoms with E-state index in [0.29, 0.717) is 5.92 Å². The van der Waals surface area contributed by atoms with Gasteiger partial charge < -0.3 is 9.80 Å². The average molecular weight is 811 g/mol. The smallest absolute Gasteiger partial charge is 0.0560 e. The number of nitrogens with zero attached hydrogens (tertiary/aromatic N) is 2. The van der Waals surface area contributed by atoms with E-state index in [2.05, 4.69) is 265 Å². The third-order valence-corrected chi connectivity index (χ3v) is 12.4. The van der Waals surface area contributed by atoms with Gasteiger partial charge in [0, 0.05) is 34.4 Å². The van der Waals surface area contributed by atoms with Gasteiger partial charge in [-0.25, -0.2) is 0 Å². The molecule has 3 aliphatic carbocycles. The maximum absolute atomic E-state index is 2.53. The summed E-state index contributed by atoms with van der Waals surface area (Å²) in [5, 5.41) is 0. The van der Waals surface area contributed by atoms with E-state index < -0.39 is 0 Å². The molecule has 63 heavy (non-hydrogen) atoms. The molecule has 0 aromatic heterocycles. The first-order valence-electron chi connectivity index (χ1n) is 22.2. The van der Waals surface area contributed by atoms with E-state index in [1.165, 1.54) is 61.5 Å². The first-order chi connectivity index (χ1) is 31.2. The van der Waals surface area contributed by atoms with Gasteiger partial charge >= 0.3 is 0 Å². The monoisotopic (exact) mass is 810 g/mol. The van der Waals surface area contributed by atoms with Crippen molar-refractivity contribution >= 4 is 17.1 Å². The largest absolute Gasteiger partial charge is 0.335 e. The van der Waals surface area contributed by atoms with Crippen molar-refractivity contribution in [1.82, 2.24) is 0 Å². The molecule has 3 aliphatic rings. The van der Waals surface area contributed by atoms with Gasteiger partial charge in [-0.3, -0.25) is 0 Å². The van der Waals surface area contributed by atoms with Crippen LogP contribution in [0.15, 0.2) is 277 Å². The highest BCUT2D eigenvalue weighted by atomic mass is 15.2. The van der Waals surface area contributed by atoms with Crippen molar-refractivity contribution in [3.8, 4) is 33.4 Å². The van der Waals surface area contributed by atoms with Crippen molar-refractivity contribution in [3.63, 3.8) is 0 Å². The molecular formula is C61H50N2. The quantitative estimate of drug-likeness (QED) is 0.128. The van der Waals surface area contributed by atoms with E-state index in [0.717, 1.165) is 36.3 Å². The molecule has 2 atom stereocenters. The lowest BCUT2D eigenvalue weighted by molar-refractivity contribution is 0.742. The fourth-order valence-corrected chi connectivity index (χ4v) is 9.04. The number of hydrogen-bond donors (Lipinski definition) is 0. The Morgan fingerprint density at radius 1 is 0.333 bits per heavy atom. The number of rotatable bonds is 11. The molecule has 0 spiro atoms. The Morgan fingerprint density at radius 2 is 0.810 bits per heavy atom. The lowest BCUT2D eigenvalue weighted by atomic mass is 9.90. The molecule has 0 radical (unpaired) electrons. The average Bonchev–Trinajstić information content (AvgIpc) is 3.63. The van der Waals surface area contributed by atoms with E-state index in [9.17, 15) is 0 Å². The summed E-state index contributed by atoms with van der Waals surface area (Å²) in [5.41, 5.74) is 17.0. The number of allylic oxidation sites excluding steroid dienone is 10. The van der Waals surface area contributed by atoms with Crippen LogP contribution in [0.1, 0.15) is 30.7 Å². The summed E-state index contributed by atoms with van der Waals surface area (Å²) in [4.78, 5) is 4.91. The zero-order valence-corrected chi connectivity index (χ0v) is 35.4. The molecule has 1 unspecified atom stereocenters. The Bertz CT molecular complexity index is 2780. The Morgan fingerprint density at radius 3 is 1.29 bits per heavy atom. The molecule has 7 aromatic rings. The first-order valence-corrected chi connectivity index (χ1v) is 22.2. The summed E-state index contributed by atoms with van der Waals surface area (Å²) in [6, 6.07) is 69.9. The second-order valence-electron chi connectivity index (χ2n) is 16.4. The summed E-state index contributed by atoms with van der Waals surface area (Å²) in [7, 11) is 0. The van der Waals surface area contributed by atoms with Gasteiger partial charge in [-0.15, -0.1) is 0 Å². The summed E-state index contributed by atoms with van der Waals surface area (Å²) >= 11 is 0. The second kappa shape index (κ2) is 18.5. The SMILES string of the molecule is C1=CC(N(c2ccc(-c3ccccc3)cc2)c2ccc(-c3ccccc3)cc2)=CCC=C1C1=CCC(N(C2=CC[C@H](c3ccccc3)C=C2)c2ccc(-c3ccccc3)cc2)C=C1. The van der Waals surface area contributed by atoms with Gasteiger partial charge in [0.05, 0.1) is 6.04 Å². The maximum Gasteiger partial charge on any atom is 0.0560 e. The molecule has 7 aromatic carbocycles. The summed E-state index contributed by atoms with van der Waals surface area (Å²) in [6.45, 7) is 0. The molecule has 0 saturated carbocycles. The first kappa shape index (κ1) is 39.5. The molecule has 2 heteroatoms. The van der Waals surface area contributed by atoms with Gasteiger partial charge in [0.2, 0.25) is 0 Å². The van der Waals surface area contributed by atoms with Crippen LogP contribution in [0, 0.1) is 0 Å². The Balaban J connectivity index is 0.906. The van der Waals surface area contributed by atoms with Crippen molar-refractivity contribution in [1.29, 1.82) is 0 Å². The van der Waals surface area contributed by atoms with E-state index in [-0.39, 0.29) is 6.04 Å². The zero-order chi connectivity index (χ0) is 42.2. The van der Waals surface area contributed by atoms with Crippen molar-refractivity contribution in [3.05, 3.63) is 283 Å². The molecule has 0 bridgehead atoms.